The minimum atomic E-state index is -1.04. The van der Waals surface area contributed by atoms with Crippen LogP contribution in [0.25, 0.3) is 0 Å². The summed E-state index contributed by atoms with van der Waals surface area (Å²) in [4.78, 5) is 13.2. The van der Waals surface area contributed by atoms with Gasteiger partial charge in [0.2, 0.25) is 0 Å². The molecule has 5 heteroatoms. The Morgan fingerprint density at radius 2 is 2.10 bits per heavy atom. The lowest BCUT2D eigenvalue weighted by molar-refractivity contribution is 0.0697. The third-order valence-electron chi connectivity index (χ3n) is 4.07. The lowest BCUT2D eigenvalue weighted by Crippen LogP contribution is -2.37. The van der Waals surface area contributed by atoms with Gasteiger partial charge >= 0.3 is 5.97 Å². The first kappa shape index (κ1) is 14.8. The predicted molar refractivity (Wildman–Crippen MR) is 76.7 cm³/mol. The number of piperidine rings is 1. The number of carboxylic acid groups (broad SMARTS) is 1. The summed E-state index contributed by atoms with van der Waals surface area (Å²) < 4.78 is 13.8. The second-order valence-corrected chi connectivity index (χ2v) is 5.57. The van der Waals surface area contributed by atoms with Gasteiger partial charge in [-0.2, -0.15) is 0 Å². The first-order chi connectivity index (χ1) is 9.47. The Morgan fingerprint density at radius 3 is 2.70 bits per heavy atom. The van der Waals surface area contributed by atoms with Crippen LogP contribution in [0.1, 0.15) is 30.1 Å². The molecular weight excluding hydrogens is 259 g/mol. The van der Waals surface area contributed by atoms with Crippen LogP contribution in [-0.2, 0) is 0 Å². The number of hydrogen-bond donors (Lipinski definition) is 2. The van der Waals surface area contributed by atoms with Crippen LogP contribution in [0.5, 0.6) is 0 Å². The van der Waals surface area contributed by atoms with Crippen LogP contribution < -0.4 is 5.32 Å². The Hall–Kier alpha value is -1.62. The molecule has 1 aromatic rings. The molecule has 0 aromatic heterocycles. The van der Waals surface area contributed by atoms with E-state index in [2.05, 4.69) is 17.3 Å². The summed E-state index contributed by atoms with van der Waals surface area (Å²) in [5.41, 5.74) is 0.376. The first-order valence-electron chi connectivity index (χ1n) is 6.95. The molecule has 1 atom stereocenters. The number of nitrogens with zero attached hydrogens (tertiary/aromatic N) is 1. The standard InChI is InChI=1S/C15H21FN2O2/c1-10(11-5-7-18(2)8-6-11)17-14-9-12(15(19)20)3-4-13(14)16/h3-4,9-11,17H,5-8H2,1-2H3,(H,19,20). The van der Waals surface area contributed by atoms with Crippen molar-refractivity contribution < 1.29 is 14.3 Å². The van der Waals surface area contributed by atoms with Gasteiger partial charge in [0.15, 0.2) is 0 Å². The highest BCUT2D eigenvalue weighted by Crippen LogP contribution is 2.24. The number of likely N-dealkylation sites (tertiary alicyclic amines) is 1. The molecule has 1 fully saturated rings. The molecule has 1 unspecified atom stereocenters. The normalized spacial score (nSPS) is 18.8. The summed E-state index contributed by atoms with van der Waals surface area (Å²) in [5.74, 6) is -0.964. The number of anilines is 1. The summed E-state index contributed by atoms with van der Waals surface area (Å²) in [6.45, 7) is 4.13. The molecule has 2 rings (SSSR count). The average molecular weight is 280 g/mol. The summed E-state index contributed by atoms with van der Waals surface area (Å²) in [5, 5.41) is 12.1. The maximum Gasteiger partial charge on any atom is 0.335 e. The van der Waals surface area contributed by atoms with Crippen molar-refractivity contribution in [2.24, 2.45) is 5.92 Å². The molecule has 0 saturated carbocycles. The summed E-state index contributed by atoms with van der Waals surface area (Å²) >= 11 is 0. The van der Waals surface area contributed by atoms with Gasteiger partial charge in [0.25, 0.3) is 0 Å². The molecule has 0 aliphatic carbocycles. The van der Waals surface area contributed by atoms with E-state index in [1.54, 1.807) is 0 Å². The van der Waals surface area contributed by atoms with E-state index >= 15 is 0 Å². The Balaban J connectivity index is 2.05. The third kappa shape index (κ3) is 3.48. The number of carboxylic acids is 1. The Bertz CT molecular complexity index is 485. The summed E-state index contributed by atoms with van der Waals surface area (Å²) in [7, 11) is 2.10. The maximum absolute atomic E-state index is 13.8. The molecular formula is C15H21FN2O2. The van der Waals surface area contributed by atoms with Gasteiger partial charge in [-0.3, -0.25) is 0 Å². The highest BCUT2D eigenvalue weighted by atomic mass is 19.1. The fourth-order valence-electron chi connectivity index (χ4n) is 2.66. The lowest BCUT2D eigenvalue weighted by Gasteiger charge is -2.33. The zero-order valence-electron chi connectivity index (χ0n) is 11.9. The minimum absolute atomic E-state index is 0.101. The molecule has 0 spiro atoms. The molecule has 2 N–H and O–H groups in total. The van der Waals surface area contributed by atoms with E-state index in [1.807, 2.05) is 6.92 Å². The monoisotopic (exact) mass is 280 g/mol. The van der Waals surface area contributed by atoms with Crippen molar-refractivity contribution in [1.29, 1.82) is 0 Å². The van der Waals surface area contributed by atoms with E-state index in [9.17, 15) is 9.18 Å². The van der Waals surface area contributed by atoms with Crippen LogP contribution in [-0.4, -0.2) is 42.2 Å². The number of halogens is 1. The first-order valence-corrected chi connectivity index (χ1v) is 6.95. The van der Waals surface area contributed by atoms with Gasteiger partial charge in [-0.05, 0) is 64.0 Å². The topological polar surface area (TPSA) is 52.6 Å². The van der Waals surface area contributed by atoms with Crippen molar-refractivity contribution in [3.63, 3.8) is 0 Å². The van der Waals surface area contributed by atoms with E-state index in [0.717, 1.165) is 25.9 Å². The molecule has 20 heavy (non-hydrogen) atoms. The van der Waals surface area contributed by atoms with E-state index in [4.69, 9.17) is 5.11 Å². The van der Waals surface area contributed by atoms with Gasteiger partial charge in [0.05, 0.1) is 11.3 Å². The van der Waals surface area contributed by atoms with Crippen molar-refractivity contribution in [2.45, 2.75) is 25.8 Å². The molecule has 1 saturated heterocycles. The van der Waals surface area contributed by atoms with E-state index in [0.29, 0.717) is 5.92 Å². The van der Waals surface area contributed by atoms with E-state index in [1.165, 1.54) is 18.2 Å². The van der Waals surface area contributed by atoms with Crippen LogP contribution in [0, 0.1) is 11.7 Å². The average Bonchev–Trinajstić information content (AvgIpc) is 2.41. The molecule has 4 nitrogen and oxygen atoms in total. The highest BCUT2D eigenvalue weighted by molar-refractivity contribution is 5.88. The van der Waals surface area contributed by atoms with Gasteiger partial charge in [-0.1, -0.05) is 0 Å². The van der Waals surface area contributed by atoms with Crippen LogP contribution in [0.4, 0.5) is 10.1 Å². The molecule has 1 aliphatic rings. The summed E-state index contributed by atoms with van der Waals surface area (Å²) in [6.07, 6.45) is 2.15. The van der Waals surface area contributed by atoms with Crippen molar-refractivity contribution in [1.82, 2.24) is 4.90 Å². The largest absolute Gasteiger partial charge is 0.478 e. The van der Waals surface area contributed by atoms with Gasteiger partial charge < -0.3 is 15.3 Å². The molecule has 1 heterocycles. The lowest BCUT2D eigenvalue weighted by atomic mass is 9.90. The third-order valence-corrected chi connectivity index (χ3v) is 4.07. The Labute approximate surface area is 118 Å². The van der Waals surface area contributed by atoms with Gasteiger partial charge in [-0.15, -0.1) is 0 Å². The number of hydrogen-bond acceptors (Lipinski definition) is 3. The SMILES string of the molecule is CC(Nc1cc(C(=O)O)ccc1F)C1CCN(C)CC1. The molecule has 0 bridgehead atoms. The van der Waals surface area contributed by atoms with Crippen LogP contribution in [0.3, 0.4) is 0 Å². The number of rotatable bonds is 4. The fraction of sp³-hybridized carbons (Fsp3) is 0.533. The number of aromatic carboxylic acids is 1. The second kappa shape index (κ2) is 6.22. The zero-order chi connectivity index (χ0) is 14.7. The molecule has 1 aromatic carbocycles. The van der Waals surface area contributed by atoms with Gasteiger partial charge in [-0.25, -0.2) is 9.18 Å². The van der Waals surface area contributed by atoms with Crippen LogP contribution in [0.15, 0.2) is 18.2 Å². The van der Waals surface area contributed by atoms with Crippen molar-refractivity contribution in [3.8, 4) is 0 Å². The van der Waals surface area contributed by atoms with E-state index in [-0.39, 0.29) is 17.3 Å². The van der Waals surface area contributed by atoms with Crippen molar-refractivity contribution in [2.75, 3.05) is 25.5 Å². The summed E-state index contributed by atoms with van der Waals surface area (Å²) in [6, 6.07) is 3.97. The molecule has 0 radical (unpaired) electrons. The second-order valence-electron chi connectivity index (χ2n) is 5.57. The van der Waals surface area contributed by atoms with Crippen molar-refractivity contribution >= 4 is 11.7 Å². The molecule has 1 aliphatic heterocycles. The predicted octanol–water partition coefficient (Wildman–Crippen LogP) is 2.67. The quantitative estimate of drug-likeness (QED) is 0.890. The fourth-order valence-corrected chi connectivity index (χ4v) is 2.66. The molecule has 0 amide bonds. The van der Waals surface area contributed by atoms with Gasteiger partial charge in [0, 0.05) is 6.04 Å². The Kier molecular flexibility index (Phi) is 4.60. The number of nitrogens with one attached hydrogen (secondary N) is 1. The Morgan fingerprint density at radius 1 is 1.45 bits per heavy atom. The zero-order valence-corrected chi connectivity index (χ0v) is 11.9. The molecule has 110 valence electrons. The minimum Gasteiger partial charge on any atom is -0.478 e. The highest BCUT2D eigenvalue weighted by Gasteiger charge is 2.23. The van der Waals surface area contributed by atoms with Gasteiger partial charge in [0.1, 0.15) is 5.82 Å². The maximum atomic E-state index is 13.8. The number of benzene rings is 1. The van der Waals surface area contributed by atoms with Crippen molar-refractivity contribution in [3.05, 3.63) is 29.6 Å². The number of carbonyl (C=O) groups is 1. The van der Waals surface area contributed by atoms with Crippen LogP contribution in [0.2, 0.25) is 0 Å². The van der Waals surface area contributed by atoms with Crippen LogP contribution >= 0.6 is 0 Å². The van der Waals surface area contributed by atoms with E-state index < -0.39 is 11.8 Å². The smallest absolute Gasteiger partial charge is 0.335 e.